The zero-order valence-corrected chi connectivity index (χ0v) is 15.5. The summed E-state index contributed by atoms with van der Waals surface area (Å²) >= 11 is 0. The van der Waals surface area contributed by atoms with E-state index in [0.717, 1.165) is 51.3 Å². The highest BCUT2D eigenvalue weighted by atomic mass is 16.5. The van der Waals surface area contributed by atoms with Crippen molar-refractivity contribution in [2.45, 2.75) is 58.4 Å². The number of hydrogen-bond donors (Lipinski definition) is 2. The van der Waals surface area contributed by atoms with Gasteiger partial charge in [-0.2, -0.15) is 0 Å². The fourth-order valence-corrected chi connectivity index (χ4v) is 3.93. The number of hydrogen-bond acceptors (Lipinski definition) is 5. The molecule has 2 N–H and O–H groups in total. The molecule has 3 rings (SSSR count). The maximum Gasteiger partial charge on any atom is 0.273 e. The molecule has 1 saturated heterocycles. The number of amides is 1. The molecule has 1 amide bonds. The van der Waals surface area contributed by atoms with Crippen molar-refractivity contribution in [3.8, 4) is 0 Å². The van der Waals surface area contributed by atoms with Crippen LogP contribution >= 0.6 is 0 Å². The summed E-state index contributed by atoms with van der Waals surface area (Å²) in [6.45, 7) is 8.19. The molecule has 2 fully saturated rings. The summed E-state index contributed by atoms with van der Waals surface area (Å²) in [6.07, 6.45) is 6.66. The van der Waals surface area contributed by atoms with Crippen LogP contribution < -0.4 is 10.6 Å². The maximum atomic E-state index is 12.6. The lowest BCUT2D eigenvalue weighted by Gasteiger charge is -2.42. The van der Waals surface area contributed by atoms with Gasteiger partial charge in [0.25, 0.3) is 5.91 Å². The van der Waals surface area contributed by atoms with Gasteiger partial charge in [-0.15, -0.1) is 5.10 Å². The summed E-state index contributed by atoms with van der Waals surface area (Å²) in [5.41, 5.74) is 1.56. The topological polar surface area (TPSA) is 81.1 Å². The SMILES string of the molecule is CCOCCC1(CNC(=O)c2nnn(C3CCNCC3)c2C)CCC1. The highest BCUT2D eigenvalue weighted by Gasteiger charge is 2.37. The second-order valence-electron chi connectivity index (χ2n) is 7.43. The van der Waals surface area contributed by atoms with E-state index < -0.39 is 0 Å². The second-order valence-corrected chi connectivity index (χ2v) is 7.43. The highest BCUT2D eigenvalue weighted by Crippen LogP contribution is 2.43. The van der Waals surface area contributed by atoms with Gasteiger partial charge < -0.3 is 15.4 Å². The minimum absolute atomic E-state index is 0.0969. The van der Waals surface area contributed by atoms with Crippen molar-refractivity contribution in [1.82, 2.24) is 25.6 Å². The van der Waals surface area contributed by atoms with E-state index in [1.807, 2.05) is 18.5 Å². The Labute approximate surface area is 149 Å². The molecule has 1 saturated carbocycles. The standard InChI is InChI=1S/C18H31N5O2/c1-3-25-12-9-18(7-4-8-18)13-20-17(24)16-14(2)23(22-21-16)15-5-10-19-11-6-15/h15,19H,3-13H2,1-2H3,(H,20,24). The van der Waals surface area contributed by atoms with Gasteiger partial charge in [0.2, 0.25) is 0 Å². The summed E-state index contributed by atoms with van der Waals surface area (Å²) < 4.78 is 7.44. The van der Waals surface area contributed by atoms with Crippen LogP contribution in [-0.2, 0) is 4.74 Å². The van der Waals surface area contributed by atoms with Gasteiger partial charge in [-0.05, 0) is 64.5 Å². The fourth-order valence-electron chi connectivity index (χ4n) is 3.93. The van der Waals surface area contributed by atoms with Crippen LogP contribution in [0.3, 0.4) is 0 Å². The monoisotopic (exact) mass is 349 g/mol. The lowest BCUT2D eigenvalue weighted by molar-refractivity contribution is 0.0512. The summed E-state index contributed by atoms with van der Waals surface area (Å²) in [5, 5.41) is 14.9. The molecule has 0 spiro atoms. The first-order valence-electron chi connectivity index (χ1n) is 9.64. The van der Waals surface area contributed by atoms with E-state index in [-0.39, 0.29) is 11.3 Å². The van der Waals surface area contributed by atoms with Crippen molar-refractivity contribution < 1.29 is 9.53 Å². The third kappa shape index (κ3) is 4.20. The molecular weight excluding hydrogens is 318 g/mol. The number of rotatable bonds is 8. The van der Waals surface area contributed by atoms with E-state index in [4.69, 9.17) is 4.74 Å². The Morgan fingerprint density at radius 1 is 1.40 bits per heavy atom. The number of carbonyl (C=O) groups excluding carboxylic acids is 1. The van der Waals surface area contributed by atoms with Gasteiger partial charge >= 0.3 is 0 Å². The van der Waals surface area contributed by atoms with Crippen molar-refractivity contribution in [3.05, 3.63) is 11.4 Å². The molecule has 1 aromatic rings. The summed E-state index contributed by atoms with van der Waals surface area (Å²) in [6, 6.07) is 0.347. The minimum atomic E-state index is -0.0969. The van der Waals surface area contributed by atoms with Crippen LogP contribution in [0.5, 0.6) is 0 Å². The van der Waals surface area contributed by atoms with E-state index in [9.17, 15) is 4.79 Å². The lowest BCUT2D eigenvalue weighted by Crippen LogP contribution is -2.43. The van der Waals surface area contributed by atoms with E-state index in [0.29, 0.717) is 18.3 Å². The molecule has 1 aliphatic carbocycles. The number of nitrogens with zero attached hydrogens (tertiary/aromatic N) is 3. The second kappa shape index (κ2) is 8.27. The Morgan fingerprint density at radius 2 is 2.16 bits per heavy atom. The Hall–Kier alpha value is -1.47. The zero-order valence-electron chi connectivity index (χ0n) is 15.5. The number of aromatic nitrogens is 3. The van der Waals surface area contributed by atoms with Crippen molar-refractivity contribution in [2.24, 2.45) is 5.41 Å². The van der Waals surface area contributed by atoms with E-state index in [2.05, 4.69) is 20.9 Å². The van der Waals surface area contributed by atoms with Crippen LogP contribution in [0.1, 0.15) is 67.7 Å². The number of ether oxygens (including phenoxy) is 1. The average molecular weight is 349 g/mol. The summed E-state index contributed by atoms with van der Waals surface area (Å²) in [7, 11) is 0. The Morgan fingerprint density at radius 3 is 2.80 bits per heavy atom. The quantitative estimate of drug-likeness (QED) is 0.700. The molecule has 0 aromatic carbocycles. The smallest absolute Gasteiger partial charge is 0.273 e. The normalized spacial score (nSPS) is 20.2. The summed E-state index contributed by atoms with van der Waals surface area (Å²) in [4.78, 5) is 12.6. The number of carbonyl (C=O) groups is 1. The molecule has 25 heavy (non-hydrogen) atoms. The van der Waals surface area contributed by atoms with Gasteiger partial charge in [0, 0.05) is 19.8 Å². The summed E-state index contributed by atoms with van der Waals surface area (Å²) in [5.74, 6) is -0.0969. The molecule has 2 aliphatic rings. The lowest BCUT2D eigenvalue weighted by atomic mass is 9.66. The van der Waals surface area contributed by atoms with Gasteiger partial charge in [0.1, 0.15) is 0 Å². The van der Waals surface area contributed by atoms with Crippen molar-refractivity contribution in [1.29, 1.82) is 0 Å². The van der Waals surface area contributed by atoms with Crippen molar-refractivity contribution in [3.63, 3.8) is 0 Å². The molecule has 7 nitrogen and oxygen atoms in total. The van der Waals surface area contributed by atoms with Crippen LogP contribution in [0.15, 0.2) is 0 Å². The van der Waals surface area contributed by atoms with Crippen LogP contribution in [-0.4, -0.2) is 53.7 Å². The largest absolute Gasteiger partial charge is 0.382 e. The number of nitrogens with one attached hydrogen (secondary N) is 2. The van der Waals surface area contributed by atoms with E-state index in [1.165, 1.54) is 19.3 Å². The first-order valence-corrected chi connectivity index (χ1v) is 9.64. The maximum absolute atomic E-state index is 12.6. The first-order chi connectivity index (χ1) is 12.2. The van der Waals surface area contributed by atoms with Crippen molar-refractivity contribution in [2.75, 3.05) is 32.8 Å². The molecule has 0 unspecified atom stereocenters. The Balaban J connectivity index is 1.57. The van der Waals surface area contributed by atoms with Crippen LogP contribution in [0.4, 0.5) is 0 Å². The highest BCUT2D eigenvalue weighted by molar-refractivity contribution is 5.93. The van der Waals surface area contributed by atoms with Crippen molar-refractivity contribution >= 4 is 5.91 Å². The van der Waals surface area contributed by atoms with E-state index in [1.54, 1.807) is 0 Å². The third-order valence-corrected chi connectivity index (χ3v) is 5.82. The first kappa shape index (κ1) is 18.3. The fraction of sp³-hybridized carbons (Fsp3) is 0.833. The Kier molecular flexibility index (Phi) is 6.06. The van der Waals surface area contributed by atoms with Gasteiger partial charge in [0.05, 0.1) is 11.7 Å². The van der Waals surface area contributed by atoms with Crippen LogP contribution in [0.2, 0.25) is 0 Å². The number of piperidine rings is 1. The molecule has 1 aromatic heterocycles. The van der Waals surface area contributed by atoms with Gasteiger partial charge in [-0.25, -0.2) is 4.68 Å². The predicted octanol–water partition coefficient (Wildman–Crippen LogP) is 1.84. The van der Waals surface area contributed by atoms with Gasteiger partial charge in [-0.3, -0.25) is 4.79 Å². The third-order valence-electron chi connectivity index (χ3n) is 5.82. The molecular formula is C18H31N5O2. The van der Waals surface area contributed by atoms with Gasteiger partial charge in [0.15, 0.2) is 5.69 Å². The average Bonchev–Trinajstić information content (AvgIpc) is 2.98. The predicted molar refractivity (Wildman–Crippen MR) is 95.6 cm³/mol. The molecule has 2 heterocycles. The molecule has 140 valence electrons. The molecule has 0 bridgehead atoms. The Bertz CT molecular complexity index is 576. The molecule has 0 radical (unpaired) electrons. The van der Waals surface area contributed by atoms with E-state index >= 15 is 0 Å². The molecule has 0 atom stereocenters. The van der Waals surface area contributed by atoms with Crippen LogP contribution in [0, 0.1) is 12.3 Å². The molecule has 1 aliphatic heterocycles. The van der Waals surface area contributed by atoms with Gasteiger partial charge in [-0.1, -0.05) is 11.6 Å². The molecule has 7 heteroatoms. The zero-order chi connectivity index (χ0) is 17.7. The minimum Gasteiger partial charge on any atom is -0.382 e. The van der Waals surface area contributed by atoms with Crippen LogP contribution in [0.25, 0.3) is 0 Å².